The third-order valence-corrected chi connectivity index (χ3v) is 4.50. The van der Waals surface area contributed by atoms with Crippen LogP contribution in [0.1, 0.15) is 39.1 Å². The Balaban J connectivity index is 2.21. The lowest BCUT2D eigenvalue weighted by Crippen LogP contribution is -2.29. The molecule has 3 aromatic rings. The number of rotatable bonds is 4. The Morgan fingerprint density at radius 2 is 1.96 bits per heavy atom. The lowest BCUT2D eigenvalue weighted by Gasteiger charge is -2.21. The average Bonchev–Trinajstić information content (AvgIpc) is 2.62. The maximum absolute atomic E-state index is 13.1. The van der Waals surface area contributed by atoms with Gasteiger partial charge in [-0.05, 0) is 37.3 Å². The van der Waals surface area contributed by atoms with Gasteiger partial charge in [0.05, 0.1) is 23.7 Å². The van der Waals surface area contributed by atoms with E-state index in [-0.39, 0.29) is 11.0 Å². The van der Waals surface area contributed by atoms with Crippen LogP contribution in [0.3, 0.4) is 0 Å². The molecule has 0 atom stereocenters. The van der Waals surface area contributed by atoms with E-state index in [1.807, 2.05) is 64.1 Å². The summed E-state index contributed by atoms with van der Waals surface area (Å²) < 4.78 is 7.85. The van der Waals surface area contributed by atoms with Crippen molar-refractivity contribution in [1.29, 1.82) is 0 Å². The van der Waals surface area contributed by atoms with Crippen molar-refractivity contribution in [2.75, 3.05) is 6.61 Å². The van der Waals surface area contributed by atoms with Crippen LogP contribution in [0.15, 0.2) is 56.8 Å². The Kier molecular flexibility index (Phi) is 5.46. The molecule has 0 aliphatic heterocycles. The van der Waals surface area contributed by atoms with Crippen LogP contribution >= 0.6 is 15.9 Å². The highest BCUT2D eigenvalue weighted by molar-refractivity contribution is 9.10. The minimum Gasteiger partial charge on any atom is -0.493 e. The van der Waals surface area contributed by atoms with Crippen LogP contribution in [0.5, 0.6) is 5.75 Å². The molecule has 0 amide bonds. The molecule has 0 spiro atoms. The smallest absolute Gasteiger partial charge is 0.282 e. The molecule has 0 saturated carbocycles. The molecule has 0 aliphatic rings. The molecule has 0 fully saturated rings. The van der Waals surface area contributed by atoms with Crippen LogP contribution in [0, 0.1) is 0 Å². The van der Waals surface area contributed by atoms with Crippen molar-refractivity contribution in [3.8, 4) is 5.75 Å². The molecule has 0 bridgehead atoms. The summed E-state index contributed by atoms with van der Waals surface area (Å²) in [6.45, 7) is 8.53. The Bertz CT molecular complexity index is 1070. The Morgan fingerprint density at radius 1 is 1.22 bits per heavy atom. The highest BCUT2D eigenvalue weighted by atomic mass is 79.9. The standard InChI is InChI=1S/C21H22BrN3O2/c1-5-27-18-9-7-6-8-14(18)13-23-25-19(26)16-12-15(22)10-11-17(16)24-20(25)21(2,3)4/h6-13H,5H2,1-4H3. The molecule has 1 aromatic heterocycles. The lowest BCUT2D eigenvalue weighted by molar-refractivity contribution is 0.340. The van der Waals surface area contributed by atoms with Gasteiger partial charge in [0.1, 0.15) is 11.6 Å². The number of aromatic nitrogens is 2. The van der Waals surface area contributed by atoms with Gasteiger partial charge in [0.2, 0.25) is 0 Å². The minimum absolute atomic E-state index is 0.198. The molecular formula is C21H22BrN3O2. The summed E-state index contributed by atoms with van der Waals surface area (Å²) in [5.41, 5.74) is 0.920. The number of hydrogen-bond acceptors (Lipinski definition) is 4. The maximum Gasteiger partial charge on any atom is 0.282 e. The topological polar surface area (TPSA) is 56.5 Å². The van der Waals surface area contributed by atoms with Gasteiger partial charge in [-0.2, -0.15) is 9.78 Å². The van der Waals surface area contributed by atoms with E-state index in [1.165, 1.54) is 4.68 Å². The fraction of sp³-hybridized carbons (Fsp3) is 0.286. The van der Waals surface area contributed by atoms with Crippen molar-refractivity contribution < 1.29 is 4.74 Å². The summed E-state index contributed by atoms with van der Waals surface area (Å²) >= 11 is 3.42. The Morgan fingerprint density at radius 3 is 2.67 bits per heavy atom. The lowest BCUT2D eigenvalue weighted by atomic mass is 9.95. The largest absolute Gasteiger partial charge is 0.493 e. The van der Waals surface area contributed by atoms with Crippen molar-refractivity contribution in [1.82, 2.24) is 9.66 Å². The number of benzene rings is 2. The molecule has 0 unspecified atom stereocenters. The van der Waals surface area contributed by atoms with Gasteiger partial charge in [-0.25, -0.2) is 4.98 Å². The van der Waals surface area contributed by atoms with Crippen LogP contribution in [0.4, 0.5) is 0 Å². The SMILES string of the molecule is CCOc1ccccc1C=Nn1c(C(C)(C)C)nc2ccc(Br)cc2c1=O. The second-order valence-electron chi connectivity index (χ2n) is 7.18. The summed E-state index contributed by atoms with van der Waals surface area (Å²) in [7, 11) is 0. The van der Waals surface area contributed by atoms with E-state index in [4.69, 9.17) is 9.72 Å². The van der Waals surface area contributed by atoms with Crippen molar-refractivity contribution in [2.24, 2.45) is 5.10 Å². The molecule has 0 aliphatic carbocycles. The van der Waals surface area contributed by atoms with E-state index >= 15 is 0 Å². The van der Waals surface area contributed by atoms with E-state index in [9.17, 15) is 4.79 Å². The summed E-state index contributed by atoms with van der Waals surface area (Å²) in [6.07, 6.45) is 1.65. The second kappa shape index (κ2) is 7.64. The molecule has 3 rings (SSSR count). The quantitative estimate of drug-likeness (QED) is 0.565. The number of hydrogen-bond donors (Lipinski definition) is 0. The van der Waals surface area contributed by atoms with Crippen LogP contribution in [-0.2, 0) is 5.41 Å². The van der Waals surface area contributed by atoms with E-state index in [1.54, 1.807) is 12.3 Å². The monoisotopic (exact) mass is 427 g/mol. The first-order valence-corrected chi connectivity index (χ1v) is 9.59. The number of halogens is 1. The number of fused-ring (bicyclic) bond motifs is 1. The van der Waals surface area contributed by atoms with Crippen LogP contribution in [-0.4, -0.2) is 22.5 Å². The fourth-order valence-corrected chi connectivity index (χ4v) is 3.10. The van der Waals surface area contributed by atoms with E-state index in [2.05, 4.69) is 21.0 Å². The van der Waals surface area contributed by atoms with Crippen molar-refractivity contribution in [3.63, 3.8) is 0 Å². The first-order valence-electron chi connectivity index (χ1n) is 8.80. The average molecular weight is 428 g/mol. The highest BCUT2D eigenvalue weighted by Crippen LogP contribution is 2.23. The summed E-state index contributed by atoms with van der Waals surface area (Å²) in [6, 6.07) is 13.1. The molecule has 27 heavy (non-hydrogen) atoms. The first kappa shape index (κ1) is 19.3. The van der Waals surface area contributed by atoms with Gasteiger partial charge in [0.25, 0.3) is 5.56 Å². The minimum atomic E-state index is -0.350. The van der Waals surface area contributed by atoms with Crippen molar-refractivity contribution in [3.05, 3.63) is 68.7 Å². The normalized spacial score (nSPS) is 12.0. The molecular weight excluding hydrogens is 406 g/mol. The second-order valence-corrected chi connectivity index (χ2v) is 8.09. The predicted octanol–water partition coefficient (Wildman–Crippen LogP) is 4.74. The van der Waals surface area contributed by atoms with Crippen molar-refractivity contribution >= 4 is 33.0 Å². The van der Waals surface area contributed by atoms with Gasteiger partial charge in [-0.3, -0.25) is 4.79 Å². The van der Waals surface area contributed by atoms with Crippen LogP contribution < -0.4 is 10.3 Å². The molecule has 0 saturated heterocycles. The van der Waals surface area contributed by atoms with Gasteiger partial charge in [0, 0.05) is 15.5 Å². The van der Waals surface area contributed by atoms with E-state index in [0.717, 1.165) is 15.8 Å². The zero-order chi connectivity index (χ0) is 19.6. The number of nitrogens with zero attached hydrogens (tertiary/aromatic N) is 3. The van der Waals surface area contributed by atoms with Gasteiger partial charge in [-0.1, -0.05) is 48.8 Å². The van der Waals surface area contributed by atoms with Gasteiger partial charge in [0.15, 0.2) is 0 Å². The zero-order valence-electron chi connectivity index (χ0n) is 15.9. The predicted molar refractivity (Wildman–Crippen MR) is 113 cm³/mol. The van der Waals surface area contributed by atoms with Gasteiger partial charge in [-0.15, -0.1) is 0 Å². The van der Waals surface area contributed by atoms with E-state index < -0.39 is 0 Å². The maximum atomic E-state index is 13.1. The zero-order valence-corrected chi connectivity index (χ0v) is 17.4. The third kappa shape index (κ3) is 4.11. The molecule has 5 nitrogen and oxygen atoms in total. The van der Waals surface area contributed by atoms with Crippen LogP contribution in [0.2, 0.25) is 0 Å². The number of ether oxygens (including phenoxy) is 1. The molecule has 0 N–H and O–H groups in total. The highest BCUT2D eigenvalue weighted by Gasteiger charge is 2.22. The molecule has 140 valence electrons. The summed E-state index contributed by atoms with van der Waals surface area (Å²) in [5, 5.41) is 5.01. The molecule has 2 aromatic carbocycles. The number of para-hydroxylation sites is 1. The van der Waals surface area contributed by atoms with Crippen LogP contribution in [0.25, 0.3) is 10.9 Å². The summed E-state index contributed by atoms with van der Waals surface area (Å²) in [5.74, 6) is 1.33. The Labute approximate surface area is 166 Å². The molecule has 6 heteroatoms. The Hall–Kier alpha value is -2.47. The summed E-state index contributed by atoms with van der Waals surface area (Å²) in [4.78, 5) is 17.9. The third-order valence-electron chi connectivity index (χ3n) is 4.01. The fourth-order valence-electron chi connectivity index (χ4n) is 2.74. The first-order chi connectivity index (χ1) is 12.8. The van der Waals surface area contributed by atoms with Crippen molar-refractivity contribution in [2.45, 2.75) is 33.1 Å². The molecule has 0 radical (unpaired) electrons. The molecule has 1 heterocycles. The van der Waals surface area contributed by atoms with Gasteiger partial charge >= 0.3 is 0 Å². The van der Waals surface area contributed by atoms with E-state index in [0.29, 0.717) is 23.3 Å². The van der Waals surface area contributed by atoms with Gasteiger partial charge < -0.3 is 4.74 Å².